The molecule has 0 N–H and O–H groups in total. The molecule has 0 radical (unpaired) electrons. The second-order valence-electron chi connectivity index (χ2n) is 13.6. The second-order valence-corrected chi connectivity index (χ2v) is 13.6. The van der Waals surface area contributed by atoms with Gasteiger partial charge in [0.15, 0.2) is 17.5 Å². The normalized spacial score (nSPS) is 11.3. The van der Waals surface area contributed by atoms with Gasteiger partial charge in [-0.2, -0.15) is 0 Å². The first-order chi connectivity index (χ1) is 27.2. The van der Waals surface area contributed by atoms with Gasteiger partial charge in [-0.3, -0.25) is 0 Å². The third-order valence-electron chi connectivity index (χ3n) is 10.2. The Bertz CT molecular complexity index is 2950. The van der Waals surface area contributed by atoms with Crippen molar-refractivity contribution in [2.75, 3.05) is 0 Å². The Kier molecular flexibility index (Phi) is 8.12. The smallest absolute Gasteiger partial charge is 0.164 e. The van der Waals surface area contributed by atoms with E-state index in [4.69, 9.17) is 19.4 Å². The van der Waals surface area contributed by atoms with Crippen molar-refractivity contribution in [2.24, 2.45) is 0 Å². The van der Waals surface area contributed by atoms with Crippen molar-refractivity contribution >= 4 is 21.9 Å². The van der Waals surface area contributed by atoms with Crippen molar-refractivity contribution < 1.29 is 4.42 Å². The topological polar surface area (TPSA) is 51.8 Å². The molecule has 0 aliphatic heterocycles. The fraction of sp³-hybridized carbons (Fsp3) is 0. The first-order valence-corrected chi connectivity index (χ1v) is 18.4. The highest BCUT2D eigenvalue weighted by Gasteiger charge is 2.20. The number of benzene rings is 8. The summed E-state index contributed by atoms with van der Waals surface area (Å²) in [5.74, 6) is 1.80. The molecule has 0 amide bonds. The van der Waals surface area contributed by atoms with Crippen LogP contribution in [0.5, 0.6) is 0 Å². The molecule has 10 aromatic rings. The fourth-order valence-corrected chi connectivity index (χ4v) is 7.44. The number of hydrogen-bond donors (Lipinski definition) is 0. The average Bonchev–Trinajstić information content (AvgIpc) is 3.66. The van der Waals surface area contributed by atoms with Crippen LogP contribution in [-0.4, -0.2) is 15.0 Å². The number of rotatable bonds is 7. The summed E-state index contributed by atoms with van der Waals surface area (Å²) in [4.78, 5) is 15.5. The van der Waals surface area contributed by atoms with Gasteiger partial charge in [0.1, 0.15) is 11.2 Å². The molecule has 258 valence electrons. The molecule has 2 heterocycles. The predicted octanol–water partition coefficient (Wildman–Crippen LogP) is 13.4. The van der Waals surface area contributed by atoms with Crippen LogP contribution >= 0.6 is 0 Å². The SMILES string of the molecule is c1ccc(-c2ccc(-c3ccc4oc5cccc(-c6nc(-c7ccccc7)nc(-c7ccccc7-c7cccc(-c8ccccc8)c7)n6)c5c4c3)cc2)cc1. The molecule has 0 saturated carbocycles. The third-order valence-corrected chi connectivity index (χ3v) is 10.2. The van der Waals surface area contributed by atoms with Gasteiger partial charge in [0, 0.05) is 27.5 Å². The zero-order valence-electron chi connectivity index (χ0n) is 29.8. The molecule has 0 unspecified atom stereocenters. The molecular formula is C51H33N3O. The van der Waals surface area contributed by atoms with E-state index in [1.807, 2.05) is 60.7 Å². The summed E-state index contributed by atoms with van der Waals surface area (Å²) in [7, 11) is 0. The van der Waals surface area contributed by atoms with E-state index in [-0.39, 0.29) is 0 Å². The first-order valence-electron chi connectivity index (χ1n) is 18.4. The molecule has 55 heavy (non-hydrogen) atoms. The lowest BCUT2D eigenvalue weighted by atomic mass is 9.95. The molecule has 0 fully saturated rings. The minimum absolute atomic E-state index is 0.586. The zero-order valence-corrected chi connectivity index (χ0v) is 29.8. The number of fused-ring (bicyclic) bond motifs is 3. The lowest BCUT2D eigenvalue weighted by molar-refractivity contribution is 0.669. The molecule has 0 saturated heterocycles. The van der Waals surface area contributed by atoms with Gasteiger partial charge in [-0.25, -0.2) is 15.0 Å². The Labute approximate surface area is 319 Å². The van der Waals surface area contributed by atoms with Crippen LogP contribution in [0.1, 0.15) is 0 Å². The molecule has 2 aromatic heterocycles. The lowest BCUT2D eigenvalue weighted by Crippen LogP contribution is -2.01. The minimum atomic E-state index is 0.586. The summed E-state index contributed by atoms with van der Waals surface area (Å²) in [6.07, 6.45) is 0. The highest BCUT2D eigenvalue weighted by atomic mass is 16.3. The summed E-state index contributed by atoms with van der Waals surface area (Å²) >= 11 is 0. The van der Waals surface area contributed by atoms with Crippen LogP contribution in [0.15, 0.2) is 205 Å². The summed E-state index contributed by atoms with van der Waals surface area (Å²) in [5, 5.41) is 1.98. The molecule has 4 nitrogen and oxygen atoms in total. The molecule has 0 aliphatic carbocycles. The van der Waals surface area contributed by atoms with Gasteiger partial charge in [0.2, 0.25) is 0 Å². The van der Waals surface area contributed by atoms with E-state index in [0.29, 0.717) is 17.5 Å². The van der Waals surface area contributed by atoms with Crippen molar-refractivity contribution in [3.63, 3.8) is 0 Å². The fourth-order valence-electron chi connectivity index (χ4n) is 7.44. The molecular weight excluding hydrogens is 671 g/mol. The quantitative estimate of drug-likeness (QED) is 0.166. The number of furan rings is 1. The number of nitrogens with zero attached hydrogens (tertiary/aromatic N) is 3. The Balaban J connectivity index is 1.13. The molecule has 10 rings (SSSR count). The largest absolute Gasteiger partial charge is 0.456 e. The van der Waals surface area contributed by atoms with Gasteiger partial charge in [-0.1, -0.05) is 176 Å². The van der Waals surface area contributed by atoms with Crippen molar-refractivity contribution in [2.45, 2.75) is 0 Å². The zero-order chi connectivity index (χ0) is 36.6. The van der Waals surface area contributed by atoms with E-state index in [0.717, 1.165) is 66.4 Å². The average molecular weight is 704 g/mol. The Morgan fingerprint density at radius 3 is 1.44 bits per heavy atom. The van der Waals surface area contributed by atoms with E-state index in [1.165, 1.54) is 16.7 Å². The second kappa shape index (κ2) is 13.8. The highest BCUT2D eigenvalue weighted by molar-refractivity contribution is 6.12. The van der Waals surface area contributed by atoms with Crippen LogP contribution in [0.2, 0.25) is 0 Å². The minimum Gasteiger partial charge on any atom is -0.456 e. The highest BCUT2D eigenvalue weighted by Crippen LogP contribution is 2.40. The van der Waals surface area contributed by atoms with Gasteiger partial charge < -0.3 is 4.42 Å². The van der Waals surface area contributed by atoms with Crippen molar-refractivity contribution in [3.8, 4) is 78.7 Å². The summed E-state index contributed by atoms with van der Waals surface area (Å²) in [6, 6.07) is 69.3. The van der Waals surface area contributed by atoms with E-state index in [9.17, 15) is 0 Å². The van der Waals surface area contributed by atoms with Crippen LogP contribution in [-0.2, 0) is 0 Å². The molecule has 8 aromatic carbocycles. The number of hydrogen-bond acceptors (Lipinski definition) is 4. The molecule has 4 heteroatoms. The first kappa shape index (κ1) is 32.2. The van der Waals surface area contributed by atoms with Crippen molar-refractivity contribution in [1.82, 2.24) is 15.0 Å². The maximum Gasteiger partial charge on any atom is 0.164 e. The molecule has 0 spiro atoms. The van der Waals surface area contributed by atoms with E-state index < -0.39 is 0 Å². The predicted molar refractivity (Wildman–Crippen MR) is 225 cm³/mol. The van der Waals surface area contributed by atoms with Gasteiger partial charge in [-0.05, 0) is 68.8 Å². The van der Waals surface area contributed by atoms with Crippen LogP contribution in [0.4, 0.5) is 0 Å². The van der Waals surface area contributed by atoms with Gasteiger partial charge in [-0.15, -0.1) is 0 Å². The summed E-state index contributed by atoms with van der Waals surface area (Å²) < 4.78 is 6.47. The molecule has 0 atom stereocenters. The van der Waals surface area contributed by atoms with E-state index in [1.54, 1.807) is 0 Å². The summed E-state index contributed by atoms with van der Waals surface area (Å²) in [6.45, 7) is 0. The van der Waals surface area contributed by atoms with E-state index in [2.05, 4.69) is 140 Å². The maximum atomic E-state index is 6.47. The molecule has 0 bridgehead atoms. The standard InChI is InChI=1S/C51H33N3O/c1-4-14-34(15-5-1)36-26-28-37(29-27-36)40-30-31-46-45(33-40)48-44(24-13-25-47(48)55-46)51-53-49(38-18-8-3-9-19-38)52-50(54-51)43-23-11-10-22-42(43)41-21-12-20-39(32-41)35-16-6-2-7-17-35/h1-33H. The van der Waals surface area contributed by atoms with Gasteiger partial charge in [0.25, 0.3) is 0 Å². The molecule has 0 aliphatic rings. The monoisotopic (exact) mass is 703 g/mol. The Morgan fingerprint density at radius 2 is 0.727 bits per heavy atom. The van der Waals surface area contributed by atoms with E-state index >= 15 is 0 Å². The van der Waals surface area contributed by atoms with Gasteiger partial charge in [0.05, 0.1) is 0 Å². The summed E-state index contributed by atoms with van der Waals surface area (Å²) in [5.41, 5.74) is 13.4. The Hall–Kier alpha value is -7.43. The van der Waals surface area contributed by atoms with Crippen molar-refractivity contribution in [1.29, 1.82) is 0 Å². The van der Waals surface area contributed by atoms with Crippen molar-refractivity contribution in [3.05, 3.63) is 200 Å². The van der Waals surface area contributed by atoms with Gasteiger partial charge >= 0.3 is 0 Å². The lowest BCUT2D eigenvalue weighted by Gasteiger charge is -2.13. The Morgan fingerprint density at radius 1 is 0.273 bits per heavy atom. The third kappa shape index (κ3) is 6.16. The van der Waals surface area contributed by atoms with Crippen LogP contribution in [0.25, 0.3) is 101 Å². The van der Waals surface area contributed by atoms with Crippen LogP contribution in [0, 0.1) is 0 Å². The maximum absolute atomic E-state index is 6.47. The number of aromatic nitrogens is 3. The van der Waals surface area contributed by atoms with Crippen LogP contribution < -0.4 is 0 Å². The van der Waals surface area contributed by atoms with Crippen LogP contribution in [0.3, 0.4) is 0 Å².